The minimum Gasteiger partial charge on any atom is -0.379 e. The molecule has 110 valence electrons. The van der Waals surface area contributed by atoms with E-state index in [1.54, 1.807) is 7.11 Å². The molecule has 5 heteroatoms. The van der Waals surface area contributed by atoms with Crippen molar-refractivity contribution in [1.29, 1.82) is 0 Å². The van der Waals surface area contributed by atoms with Crippen LogP contribution in [0.5, 0.6) is 0 Å². The van der Waals surface area contributed by atoms with Crippen molar-refractivity contribution in [2.45, 2.75) is 32.0 Å². The largest absolute Gasteiger partial charge is 0.379 e. The molecule has 0 radical (unpaired) electrons. The third-order valence-corrected chi connectivity index (χ3v) is 3.49. The highest BCUT2D eigenvalue weighted by atomic mass is 16.5. The predicted molar refractivity (Wildman–Crippen MR) is 76.6 cm³/mol. The SMILES string of the molecule is CO[C@@H]1CCOC[C@H]1NC(=O)NCc1ccc(C)cc1. The zero-order valence-corrected chi connectivity index (χ0v) is 12.0. The van der Waals surface area contributed by atoms with Crippen LogP contribution in [-0.2, 0) is 16.0 Å². The number of hydrogen-bond donors (Lipinski definition) is 2. The van der Waals surface area contributed by atoms with Crippen LogP contribution in [0.4, 0.5) is 4.79 Å². The topological polar surface area (TPSA) is 59.6 Å². The summed E-state index contributed by atoms with van der Waals surface area (Å²) in [5, 5.41) is 5.75. The maximum absolute atomic E-state index is 11.9. The maximum atomic E-state index is 11.9. The van der Waals surface area contributed by atoms with Gasteiger partial charge in [-0.05, 0) is 18.9 Å². The van der Waals surface area contributed by atoms with Gasteiger partial charge in [-0.15, -0.1) is 0 Å². The Kier molecular flexibility index (Phi) is 5.38. The molecule has 1 saturated heterocycles. The van der Waals surface area contributed by atoms with Gasteiger partial charge < -0.3 is 20.1 Å². The second-order valence-electron chi connectivity index (χ2n) is 5.06. The van der Waals surface area contributed by atoms with Crippen LogP contribution in [-0.4, -0.2) is 38.5 Å². The van der Waals surface area contributed by atoms with E-state index < -0.39 is 0 Å². The Hall–Kier alpha value is -1.59. The highest BCUT2D eigenvalue weighted by Gasteiger charge is 2.26. The molecule has 1 aromatic carbocycles. The molecule has 0 aromatic heterocycles. The second-order valence-corrected chi connectivity index (χ2v) is 5.06. The first-order valence-corrected chi connectivity index (χ1v) is 6.89. The van der Waals surface area contributed by atoms with Crippen LogP contribution in [0.25, 0.3) is 0 Å². The maximum Gasteiger partial charge on any atom is 0.315 e. The van der Waals surface area contributed by atoms with Crippen molar-refractivity contribution in [3.05, 3.63) is 35.4 Å². The van der Waals surface area contributed by atoms with Gasteiger partial charge in [0, 0.05) is 20.3 Å². The molecule has 1 aromatic rings. The molecule has 20 heavy (non-hydrogen) atoms. The van der Waals surface area contributed by atoms with Crippen LogP contribution in [0.1, 0.15) is 17.5 Å². The first kappa shape index (κ1) is 14.8. The number of aryl methyl sites for hydroxylation is 1. The van der Waals surface area contributed by atoms with Crippen LogP contribution < -0.4 is 10.6 Å². The summed E-state index contributed by atoms with van der Waals surface area (Å²) >= 11 is 0. The van der Waals surface area contributed by atoms with Crippen molar-refractivity contribution in [3.8, 4) is 0 Å². The summed E-state index contributed by atoms with van der Waals surface area (Å²) < 4.78 is 10.7. The highest BCUT2D eigenvalue weighted by Crippen LogP contribution is 2.10. The van der Waals surface area contributed by atoms with Crippen molar-refractivity contribution in [2.24, 2.45) is 0 Å². The van der Waals surface area contributed by atoms with Gasteiger partial charge in [-0.1, -0.05) is 29.8 Å². The Bertz CT molecular complexity index is 433. The Labute approximate surface area is 119 Å². The lowest BCUT2D eigenvalue weighted by molar-refractivity contribution is -0.0334. The fourth-order valence-corrected chi connectivity index (χ4v) is 2.24. The van der Waals surface area contributed by atoms with Gasteiger partial charge in [-0.2, -0.15) is 0 Å². The van der Waals surface area contributed by atoms with Gasteiger partial charge in [0.05, 0.1) is 18.8 Å². The molecule has 2 rings (SSSR count). The fraction of sp³-hybridized carbons (Fsp3) is 0.533. The third-order valence-electron chi connectivity index (χ3n) is 3.49. The molecule has 0 saturated carbocycles. The minimum atomic E-state index is -0.192. The van der Waals surface area contributed by atoms with Crippen LogP contribution in [0.15, 0.2) is 24.3 Å². The third kappa shape index (κ3) is 4.21. The summed E-state index contributed by atoms with van der Waals surface area (Å²) in [7, 11) is 1.66. The summed E-state index contributed by atoms with van der Waals surface area (Å²) in [6.45, 7) is 3.73. The van der Waals surface area contributed by atoms with E-state index in [0.29, 0.717) is 19.8 Å². The summed E-state index contributed by atoms with van der Waals surface area (Å²) in [5.74, 6) is 0. The quantitative estimate of drug-likeness (QED) is 0.879. The van der Waals surface area contributed by atoms with Gasteiger partial charge >= 0.3 is 6.03 Å². The van der Waals surface area contributed by atoms with E-state index in [4.69, 9.17) is 9.47 Å². The highest BCUT2D eigenvalue weighted by molar-refractivity contribution is 5.74. The molecule has 2 atom stereocenters. The van der Waals surface area contributed by atoms with Crippen molar-refractivity contribution in [2.75, 3.05) is 20.3 Å². The number of amides is 2. The van der Waals surface area contributed by atoms with E-state index in [-0.39, 0.29) is 18.2 Å². The lowest BCUT2D eigenvalue weighted by Crippen LogP contribution is -2.52. The number of urea groups is 1. The monoisotopic (exact) mass is 278 g/mol. The number of hydrogen-bond acceptors (Lipinski definition) is 3. The minimum absolute atomic E-state index is 0.0221. The average Bonchev–Trinajstić information content (AvgIpc) is 2.47. The van der Waals surface area contributed by atoms with Crippen molar-refractivity contribution < 1.29 is 14.3 Å². The van der Waals surface area contributed by atoms with Crippen molar-refractivity contribution in [3.63, 3.8) is 0 Å². The predicted octanol–water partition coefficient (Wildman–Crippen LogP) is 1.60. The van der Waals surface area contributed by atoms with Gasteiger partial charge in [0.15, 0.2) is 0 Å². The summed E-state index contributed by atoms with van der Waals surface area (Å²) in [4.78, 5) is 11.9. The number of methoxy groups -OCH3 is 1. The Balaban J connectivity index is 1.78. The van der Waals surface area contributed by atoms with Gasteiger partial charge in [0.25, 0.3) is 0 Å². The molecule has 1 fully saturated rings. The molecule has 0 unspecified atom stereocenters. The average molecular weight is 278 g/mol. The summed E-state index contributed by atoms with van der Waals surface area (Å²) in [6, 6.07) is 7.81. The van der Waals surface area contributed by atoms with Gasteiger partial charge in [0.1, 0.15) is 0 Å². The molecule has 2 amide bonds. The molecular weight excluding hydrogens is 256 g/mol. The lowest BCUT2D eigenvalue weighted by Gasteiger charge is -2.30. The van der Waals surface area contributed by atoms with Crippen LogP contribution >= 0.6 is 0 Å². The molecule has 1 heterocycles. The standard InChI is InChI=1S/C15H22N2O3/c1-11-3-5-12(6-4-11)9-16-15(18)17-13-10-20-8-7-14(13)19-2/h3-6,13-14H,7-10H2,1-2H3,(H2,16,17,18)/t13-,14-/m1/s1. The number of ether oxygens (including phenoxy) is 2. The molecule has 1 aliphatic heterocycles. The Morgan fingerprint density at radius 1 is 1.40 bits per heavy atom. The molecule has 5 nitrogen and oxygen atoms in total. The van der Waals surface area contributed by atoms with Crippen LogP contribution in [0.3, 0.4) is 0 Å². The summed E-state index contributed by atoms with van der Waals surface area (Å²) in [5.41, 5.74) is 2.29. The van der Waals surface area contributed by atoms with Crippen LogP contribution in [0.2, 0.25) is 0 Å². The Morgan fingerprint density at radius 2 is 2.15 bits per heavy atom. The number of rotatable bonds is 4. The number of carbonyl (C=O) groups is 1. The normalized spacial score (nSPS) is 22.3. The molecule has 0 spiro atoms. The first-order valence-electron chi connectivity index (χ1n) is 6.89. The zero-order valence-electron chi connectivity index (χ0n) is 12.0. The van der Waals surface area contributed by atoms with Gasteiger partial charge in [-0.25, -0.2) is 4.79 Å². The molecular formula is C15H22N2O3. The van der Waals surface area contributed by atoms with E-state index in [1.807, 2.05) is 31.2 Å². The van der Waals surface area contributed by atoms with E-state index >= 15 is 0 Å². The number of benzene rings is 1. The zero-order chi connectivity index (χ0) is 14.4. The van der Waals surface area contributed by atoms with Gasteiger partial charge in [-0.3, -0.25) is 0 Å². The van der Waals surface area contributed by atoms with E-state index in [2.05, 4.69) is 10.6 Å². The molecule has 1 aliphatic rings. The lowest BCUT2D eigenvalue weighted by atomic mass is 10.1. The van der Waals surface area contributed by atoms with Crippen molar-refractivity contribution in [1.82, 2.24) is 10.6 Å². The van der Waals surface area contributed by atoms with Crippen molar-refractivity contribution >= 4 is 6.03 Å². The Morgan fingerprint density at radius 3 is 2.85 bits per heavy atom. The first-order chi connectivity index (χ1) is 9.69. The molecule has 0 bridgehead atoms. The van der Waals surface area contributed by atoms with Crippen LogP contribution in [0, 0.1) is 6.92 Å². The second kappa shape index (κ2) is 7.26. The number of carbonyl (C=O) groups excluding carboxylic acids is 1. The fourth-order valence-electron chi connectivity index (χ4n) is 2.24. The van der Waals surface area contributed by atoms with Gasteiger partial charge in [0.2, 0.25) is 0 Å². The molecule has 2 N–H and O–H groups in total. The smallest absolute Gasteiger partial charge is 0.315 e. The van der Waals surface area contributed by atoms with E-state index in [0.717, 1.165) is 12.0 Å². The molecule has 0 aliphatic carbocycles. The van der Waals surface area contributed by atoms with E-state index in [9.17, 15) is 4.79 Å². The summed E-state index contributed by atoms with van der Waals surface area (Å²) in [6.07, 6.45) is 0.827. The van der Waals surface area contributed by atoms with E-state index in [1.165, 1.54) is 5.56 Å². The number of nitrogens with one attached hydrogen (secondary N) is 2.